The lowest BCUT2D eigenvalue weighted by molar-refractivity contribution is -0.177. The Morgan fingerprint density at radius 2 is 1.89 bits per heavy atom. The molecule has 0 radical (unpaired) electrons. The maximum absolute atomic E-state index is 11.1. The molecule has 2 rings (SSSR count). The zero-order valence-corrected chi connectivity index (χ0v) is 11.7. The Balaban J connectivity index is 2.06. The zero-order chi connectivity index (χ0) is 14.2. The van der Waals surface area contributed by atoms with Crippen molar-refractivity contribution in [1.82, 2.24) is 0 Å². The van der Waals surface area contributed by atoms with E-state index in [4.69, 9.17) is 18.9 Å². The van der Waals surface area contributed by atoms with Crippen molar-refractivity contribution in [2.45, 2.75) is 58.2 Å². The molecule has 0 N–H and O–H groups in total. The lowest BCUT2D eigenvalue weighted by atomic mass is 10.0. The molecule has 19 heavy (non-hydrogen) atoms. The maximum atomic E-state index is 11.1. The third kappa shape index (κ3) is 3.25. The molecule has 1 aliphatic heterocycles. The number of fused-ring (bicyclic) bond motifs is 1. The quantitative estimate of drug-likeness (QED) is 0.714. The first kappa shape index (κ1) is 14.3. The Hall–Kier alpha value is -1.14. The minimum atomic E-state index is -0.648. The Labute approximate surface area is 112 Å². The molecular formula is C13H20O6. The fourth-order valence-electron chi connectivity index (χ4n) is 2.79. The molecule has 6 nitrogen and oxygen atoms in total. The van der Waals surface area contributed by atoms with E-state index in [0.29, 0.717) is 6.42 Å². The van der Waals surface area contributed by atoms with Gasteiger partial charge in [0.15, 0.2) is 5.79 Å². The van der Waals surface area contributed by atoms with E-state index in [1.54, 1.807) is 0 Å². The van der Waals surface area contributed by atoms with Gasteiger partial charge in [-0.3, -0.25) is 9.59 Å². The molecule has 1 saturated heterocycles. The number of hydrogen-bond donors (Lipinski definition) is 0. The first-order chi connectivity index (χ1) is 8.78. The van der Waals surface area contributed by atoms with Crippen molar-refractivity contribution in [1.29, 1.82) is 0 Å². The summed E-state index contributed by atoms with van der Waals surface area (Å²) >= 11 is 0. The van der Waals surface area contributed by atoms with Crippen molar-refractivity contribution in [2.24, 2.45) is 5.92 Å². The molecule has 0 spiro atoms. The Morgan fingerprint density at radius 3 is 2.47 bits per heavy atom. The van der Waals surface area contributed by atoms with Gasteiger partial charge in [-0.1, -0.05) is 0 Å². The first-order valence-corrected chi connectivity index (χ1v) is 6.45. The second kappa shape index (κ2) is 5.09. The summed E-state index contributed by atoms with van der Waals surface area (Å²) in [7, 11) is 0. The highest BCUT2D eigenvalue weighted by molar-refractivity contribution is 5.66. The van der Waals surface area contributed by atoms with E-state index in [-0.39, 0.29) is 42.8 Å². The van der Waals surface area contributed by atoms with Crippen LogP contribution in [-0.2, 0) is 28.5 Å². The molecule has 0 unspecified atom stereocenters. The first-order valence-electron chi connectivity index (χ1n) is 6.45. The van der Waals surface area contributed by atoms with Crippen LogP contribution in [0.25, 0.3) is 0 Å². The molecule has 4 atom stereocenters. The second-order valence-electron chi connectivity index (χ2n) is 5.49. The average molecular weight is 272 g/mol. The van der Waals surface area contributed by atoms with E-state index in [9.17, 15) is 9.59 Å². The second-order valence-corrected chi connectivity index (χ2v) is 5.49. The fraction of sp³-hybridized carbons (Fsp3) is 0.846. The predicted molar refractivity (Wildman–Crippen MR) is 64.1 cm³/mol. The highest BCUT2D eigenvalue weighted by atomic mass is 16.8. The summed E-state index contributed by atoms with van der Waals surface area (Å²) in [6.45, 7) is 6.57. The number of ether oxygens (including phenoxy) is 4. The predicted octanol–water partition coefficient (Wildman–Crippen LogP) is 1.02. The molecule has 1 saturated carbocycles. The number of carbonyl (C=O) groups is 2. The van der Waals surface area contributed by atoms with Gasteiger partial charge in [0.1, 0.15) is 12.7 Å². The lowest BCUT2D eigenvalue weighted by Crippen LogP contribution is -2.35. The van der Waals surface area contributed by atoms with Gasteiger partial charge in [0.05, 0.1) is 18.1 Å². The molecule has 0 aromatic heterocycles. The molecule has 2 aliphatic rings. The van der Waals surface area contributed by atoms with Gasteiger partial charge in [0, 0.05) is 20.3 Å². The number of rotatable bonds is 3. The zero-order valence-electron chi connectivity index (χ0n) is 11.7. The van der Waals surface area contributed by atoms with E-state index in [1.807, 2.05) is 13.8 Å². The van der Waals surface area contributed by atoms with Crippen LogP contribution >= 0.6 is 0 Å². The summed E-state index contributed by atoms with van der Waals surface area (Å²) in [6.07, 6.45) is -0.0962. The van der Waals surface area contributed by atoms with E-state index in [0.717, 1.165) is 0 Å². The Bertz CT molecular complexity index is 377. The maximum Gasteiger partial charge on any atom is 0.302 e. The van der Waals surface area contributed by atoms with Crippen molar-refractivity contribution < 1.29 is 28.5 Å². The largest absolute Gasteiger partial charge is 0.465 e. The molecule has 108 valence electrons. The summed E-state index contributed by atoms with van der Waals surface area (Å²) in [6, 6.07) is 0. The Morgan fingerprint density at radius 1 is 1.21 bits per heavy atom. The molecule has 0 amide bonds. The molecular weight excluding hydrogens is 252 g/mol. The third-order valence-electron chi connectivity index (χ3n) is 3.38. The SMILES string of the molecule is CC(=O)OC[C@H]1[C@H]2OC(C)(C)O[C@H]2C[C@H]1OC(C)=O. The van der Waals surface area contributed by atoms with Gasteiger partial charge in [-0.2, -0.15) is 0 Å². The van der Waals surface area contributed by atoms with Gasteiger partial charge in [0.25, 0.3) is 0 Å². The molecule has 0 bridgehead atoms. The van der Waals surface area contributed by atoms with Gasteiger partial charge in [-0.05, 0) is 13.8 Å². The van der Waals surface area contributed by atoms with Crippen LogP contribution < -0.4 is 0 Å². The van der Waals surface area contributed by atoms with Crippen molar-refractivity contribution in [3.05, 3.63) is 0 Å². The summed E-state index contributed by atoms with van der Waals surface area (Å²) < 4.78 is 21.9. The van der Waals surface area contributed by atoms with Gasteiger partial charge >= 0.3 is 11.9 Å². The number of esters is 2. The van der Waals surface area contributed by atoms with E-state index in [2.05, 4.69) is 0 Å². The standard InChI is InChI=1S/C13H20O6/c1-7(14)16-6-9-10(17-8(2)15)5-11-12(9)19-13(3,4)18-11/h9-12H,5-6H2,1-4H3/t9-,10-,11+,12-/m1/s1. The monoisotopic (exact) mass is 272 g/mol. The smallest absolute Gasteiger partial charge is 0.302 e. The highest BCUT2D eigenvalue weighted by Crippen LogP contribution is 2.42. The van der Waals surface area contributed by atoms with Crippen molar-refractivity contribution in [3.63, 3.8) is 0 Å². The van der Waals surface area contributed by atoms with Crippen molar-refractivity contribution in [2.75, 3.05) is 6.61 Å². The summed E-state index contributed by atoms with van der Waals surface area (Å²) in [5.74, 6) is -1.54. The minimum Gasteiger partial charge on any atom is -0.465 e. The molecule has 6 heteroatoms. The third-order valence-corrected chi connectivity index (χ3v) is 3.38. The van der Waals surface area contributed by atoms with Crippen LogP contribution in [0.15, 0.2) is 0 Å². The van der Waals surface area contributed by atoms with Crippen LogP contribution in [0.2, 0.25) is 0 Å². The van der Waals surface area contributed by atoms with E-state index < -0.39 is 5.79 Å². The van der Waals surface area contributed by atoms with Crippen LogP contribution in [0.1, 0.15) is 34.1 Å². The summed E-state index contributed by atoms with van der Waals surface area (Å²) in [5.41, 5.74) is 0. The van der Waals surface area contributed by atoms with Crippen LogP contribution in [0.4, 0.5) is 0 Å². The normalized spacial score (nSPS) is 35.8. The molecule has 2 fully saturated rings. The minimum absolute atomic E-state index is 0.125. The summed E-state index contributed by atoms with van der Waals surface area (Å²) in [5, 5.41) is 0. The molecule has 1 heterocycles. The number of hydrogen-bond acceptors (Lipinski definition) is 6. The van der Waals surface area contributed by atoms with Crippen LogP contribution in [-0.4, -0.2) is 42.6 Å². The topological polar surface area (TPSA) is 71.1 Å². The van der Waals surface area contributed by atoms with Gasteiger partial charge < -0.3 is 18.9 Å². The fourth-order valence-corrected chi connectivity index (χ4v) is 2.79. The molecule has 0 aromatic rings. The van der Waals surface area contributed by atoms with Crippen molar-refractivity contribution in [3.8, 4) is 0 Å². The van der Waals surface area contributed by atoms with Crippen molar-refractivity contribution >= 4 is 11.9 Å². The van der Waals surface area contributed by atoms with Crippen LogP contribution in [0.5, 0.6) is 0 Å². The average Bonchev–Trinajstić information content (AvgIpc) is 2.66. The van der Waals surface area contributed by atoms with Gasteiger partial charge in [-0.15, -0.1) is 0 Å². The van der Waals surface area contributed by atoms with E-state index in [1.165, 1.54) is 13.8 Å². The van der Waals surface area contributed by atoms with Gasteiger partial charge in [0.2, 0.25) is 0 Å². The lowest BCUT2D eigenvalue weighted by Gasteiger charge is -2.25. The molecule has 1 aliphatic carbocycles. The Kier molecular flexibility index (Phi) is 3.82. The van der Waals surface area contributed by atoms with E-state index >= 15 is 0 Å². The van der Waals surface area contributed by atoms with Crippen LogP contribution in [0, 0.1) is 5.92 Å². The number of carbonyl (C=O) groups excluding carboxylic acids is 2. The highest BCUT2D eigenvalue weighted by Gasteiger charge is 2.54. The molecule has 0 aromatic carbocycles. The van der Waals surface area contributed by atoms with Crippen LogP contribution in [0.3, 0.4) is 0 Å². The van der Waals surface area contributed by atoms with Gasteiger partial charge in [-0.25, -0.2) is 0 Å². The summed E-state index contributed by atoms with van der Waals surface area (Å²) in [4.78, 5) is 22.1.